The summed E-state index contributed by atoms with van der Waals surface area (Å²) in [7, 11) is 0. The second-order valence-electron chi connectivity index (χ2n) is 5.54. The van der Waals surface area contributed by atoms with E-state index in [9.17, 15) is 28.1 Å². The van der Waals surface area contributed by atoms with Gasteiger partial charge in [0.2, 0.25) is 0 Å². The number of hydrogen-bond acceptors (Lipinski definition) is 7. The van der Waals surface area contributed by atoms with E-state index in [2.05, 4.69) is 9.88 Å². The molecule has 0 radical (unpaired) electrons. The van der Waals surface area contributed by atoms with Crippen molar-refractivity contribution in [3.8, 4) is 0 Å². The van der Waals surface area contributed by atoms with Crippen molar-refractivity contribution in [3.05, 3.63) is 38.2 Å². The number of anilines is 1. The van der Waals surface area contributed by atoms with Gasteiger partial charge in [0, 0.05) is 19.2 Å². The molecular formula is C14H13F3N4O3S. The highest BCUT2D eigenvalue weighted by atomic mass is 32.1. The molecule has 1 aromatic heterocycles. The molecule has 1 aliphatic rings. The van der Waals surface area contributed by atoms with E-state index in [-0.39, 0.29) is 15.2 Å². The van der Waals surface area contributed by atoms with E-state index in [1.807, 2.05) is 6.92 Å². The molecule has 1 fully saturated rings. The second kappa shape index (κ2) is 6.23. The molecule has 0 atom stereocenters. The molecule has 0 N–H and O–H groups in total. The molecule has 3 rings (SSSR count). The maximum atomic E-state index is 12.9. The van der Waals surface area contributed by atoms with Crippen LogP contribution in [-0.4, -0.2) is 41.1 Å². The summed E-state index contributed by atoms with van der Waals surface area (Å²) in [6.07, 6.45) is -4.79. The smallest absolute Gasteiger partial charge is 0.334 e. The first-order valence-corrected chi connectivity index (χ1v) is 8.20. The molecule has 0 aliphatic carbocycles. The molecule has 1 aromatic carbocycles. The van der Waals surface area contributed by atoms with E-state index in [0.29, 0.717) is 25.3 Å². The van der Waals surface area contributed by atoms with Gasteiger partial charge in [-0.3, -0.25) is 19.8 Å². The summed E-state index contributed by atoms with van der Waals surface area (Å²) in [6, 6.07) is 1.09. The van der Waals surface area contributed by atoms with E-state index < -0.39 is 27.9 Å². The lowest BCUT2D eigenvalue weighted by atomic mass is 10.1. The highest BCUT2D eigenvalue weighted by Crippen LogP contribution is 2.38. The van der Waals surface area contributed by atoms with Gasteiger partial charge in [0.15, 0.2) is 5.13 Å². The third-order valence-electron chi connectivity index (χ3n) is 3.99. The van der Waals surface area contributed by atoms with Crippen LogP contribution in [-0.2, 0) is 6.18 Å². The minimum Gasteiger partial charge on any atom is -0.334 e. The van der Waals surface area contributed by atoms with Crippen LogP contribution in [0.15, 0.2) is 16.9 Å². The molecule has 7 nitrogen and oxygen atoms in total. The van der Waals surface area contributed by atoms with Crippen LogP contribution in [0.5, 0.6) is 0 Å². The lowest BCUT2D eigenvalue weighted by molar-refractivity contribution is -0.383. The average Bonchev–Trinajstić information content (AvgIpc) is 3.02. The molecule has 2 heterocycles. The summed E-state index contributed by atoms with van der Waals surface area (Å²) in [5, 5.41) is 11.1. The summed E-state index contributed by atoms with van der Waals surface area (Å²) in [5.41, 5.74) is -2.86. The van der Waals surface area contributed by atoms with Crippen LogP contribution < -0.4 is 10.5 Å². The van der Waals surface area contributed by atoms with Crippen LogP contribution in [0.2, 0.25) is 0 Å². The van der Waals surface area contributed by atoms with Gasteiger partial charge in [0.25, 0.3) is 11.2 Å². The summed E-state index contributed by atoms with van der Waals surface area (Å²) < 4.78 is 38.7. The summed E-state index contributed by atoms with van der Waals surface area (Å²) in [4.78, 5) is 30.3. The number of likely N-dealkylation sites (N-methyl/N-ethyl adjacent to an activating group) is 1. The van der Waals surface area contributed by atoms with E-state index in [4.69, 9.17) is 0 Å². The number of hydrogen-bond donors (Lipinski definition) is 0. The van der Waals surface area contributed by atoms with Crippen molar-refractivity contribution in [1.29, 1.82) is 0 Å². The lowest BCUT2D eigenvalue weighted by Crippen LogP contribution is -2.26. The maximum Gasteiger partial charge on any atom is 0.416 e. The van der Waals surface area contributed by atoms with Crippen molar-refractivity contribution in [2.24, 2.45) is 0 Å². The maximum absolute atomic E-state index is 12.9. The molecule has 0 spiro atoms. The third kappa shape index (κ3) is 3.29. The van der Waals surface area contributed by atoms with E-state index >= 15 is 0 Å². The molecule has 11 heteroatoms. The van der Waals surface area contributed by atoms with Gasteiger partial charge in [-0.15, -0.1) is 0 Å². The van der Waals surface area contributed by atoms with Gasteiger partial charge < -0.3 is 4.90 Å². The number of nitrogens with zero attached hydrogens (tertiary/aromatic N) is 4. The zero-order valence-electron chi connectivity index (χ0n) is 13.0. The first-order valence-electron chi connectivity index (χ1n) is 7.38. The van der Waals surface area contributed by atoms with Crippen molar-refractivity contribution >= 4 is 32.2 Å². The Labute approximate surface area is 143 Å². The Hall–Kier alpha value is -2.27. The Morgan fingerprint density at radius 1 is 1.36 bits per heavy atom. The highest BCUT2D eigenvalue weighted by molar-refractivity contribution is 7.22. The van der Waals surface area contributed by atoms with Crippen LogP contribution in [0.1, 0.15) is 12.5 Å². The number of nitro benzene ring substituents is 1. The van der Waals surface area contributed by atoms with Crippen molar-refractivity contribution in [2.75, 3.05) is 31.2 Å². The Morgan fingerprint density at radius 2 is 2.08 bits per heavy atom. The summed E-state index contributed by atoms with van der Waals surface area (Å²) in [6.45, 7) is 4.64. The Balaban J connectivity index is 2.19. The predicted molar refractivity (Wildman–Crippen MR) is 87.0 cm³/mol. The molecule has 25 heavy (non-hydrogen) atoms. The van der Waals surface area contributed by atoms with Gasteiger partial charge in [-0.2, -0.15) is 18.2 Å². The third-order valence-corrected chi connectivity index (χ3v) is 5.15. The van der Waals surface area contributed by atoms with E-state index in [1.165, 1.54) is 0 Å². The van der Waals surface area contributed by atoms with Gasteiger partial charge in [-0.25, -0.2) is 0 Å². The zero-order chi connectivity index (χ0) is 18.4. The van der Waals surface area contributed by atoms with Crippen molar-refractivity contribution in [3.63, 3.8) is 0 Å². The first-order chi connectivity index (χ1) is 11.7. The summed E-state index contributed by atoms with van der Waals surface area (Å²) >= 11 is 0.864. The molecule has 1 aliphatic heterocycles. The fourth-order valence-electron chi connectivity index (χ4n) is 2.63. The van der Waals surface area contributed by atoms with Gasteiger partial charge in [0.1, 0.15) is 4.70 Å². The molecule has 0 saturated carbocycles. The number of rotatable bonds is 3. The molecule has 0 unspecified atom stereocenters. The quantitative estimate of drug-likeness (QED) is 0.607. The lowest BCUT2D eigenvalue weighted by Gasteiger charge is -2.17. The van der Waals surface area contributed by atoms with Gasteiger partial charge in [-0.05, 0) is 12.6 Å². The molecule has 1 saturated heterocycles. The van der Waals surface area contributed by atoms with Crippen molar-refractivity contribution < 1.29 is 18.1 Å². The number of fused-ring (bicyclic) bond motifs is 1. The molecule has 0 amide bonds. The molecular weight excluding hydrogens is 361 g/mol. The van der Waals surface area contributed by atoms with Crippen LogP contribution in [0.4, 0.5) is 24.0 Å². The first kappa shape index (κ1) is 17.5. The fourth-order valence-corrected chi connectivity index (χ4v) is 3.72. The Bertz CT molecular complexity index is 899. The van der Waals surface area contributed by atoms with Crippen LogP contribution in [0, 0.1) is 10.1 Å². The number of halogens is 3. The predicted octanol–water partition coefficient (Wildman–Crippen LogP) is 2.68. The normalized spacial score (nSPS) is 15.9. The molecule has 2 aromatic rings. The van der Waals surface area contributed by atoms with Crippen LogP contribution >= 0.6 is 11.3 Å². The minimum absolute atomic E-state index is 0.0945. The van der Waals surface area contributed by atoms with Crippen LogP contribution in [0.3, 0.4) is 0 Å². The Kier molecular flexibility index (Phi) is 4.37. The number of aromatic nitrogens is 1. The molecule has 0 bridgehead atoms. The van der Waals surface area contributed by atoms with Gasteiger partial charge in [-0.1, -0.05) is 18.3 Å². The SMILES string of the molecule is CCN1CCN(c2nc(=O)c3cc(C(F)(F)F)cc([N+](=O)[O-])c3s2)C1. The number of alkyl halides is 3. The van der Waals surface area contributed by atoms with E-state index in [0.717, 1.165) is 24.4 Å². The standard InChI is InChI=1S/C14H13F3N4O3S/c1-2-19-3-4-20(7-19)13-18-12(22)9-5-8(14(15,16)17)6-10(21(23)24)11(9)25-13/h5-6H,2-4,7H2,1H3. The van der Waals surface area contributed by atoms with Crippen molar-refractivity contribution in [1.82, 2.24) is 9.88 Å². The Morgan fingerprint density at radius 3 is 2.64 bits per heavy atom. The average molecular weight is 374 g/mol. The minimum atomic E-state index is -4.79. The highest BCUT2D eigenvalue weighted by Gasteiger charge is 2.34. The van der Waals surface area contributed by atoms with Gasteiger partial charge in [0.05, 0.1) is 22.5 Å². The number of non-ortho nitro benzene ring substituents is 1. The topological polar surface area (TPSA) is 79.6 Å². The fraction of sp³-hybridized carbons (Fsp3) is 0.429. The molecule has 134 valence electrons. The monoisotopic (exact) mass is 374 g/mol. The summed E-state index contributed by atoms with van der Waals surface area (Å²) in [5.74, 6) is 0. The number of benzene rings is 1. The number of nitro groups is 1. The zero-order valence-corrected chi connectivity index (χ0v) is 13.9. The van der Waals surface area contributed by atoms with Crippen molar-refractivity contribution in [2.45, 2.75) is 13.1 Å². The van der Waals surface area contributed by atoms with Crippen LogP contribution in [0.25, 0.3) is 10.1 Å². The van der Waals surface area contributed by atoms with E-state index in [1.54, 1.807) is 4.90 Å². The van der Waals surface area contributed by atoms with Gasteiger partial charge >= 0.3 is 6.18 Å². The second-order valence-corrected chi connectivity index (χ2v) is 6.52. The largest absolute Gasteiger partial charge is 0.416 e.